The Morgan fingerprint density at radius 3 is 2.00 bits per heavy atom. The summed E-state index contributed by atoms with van der Waals surface area (Å²) in [6.45, 7) is 0. The molecule has 4 atom stereocenters. The SMILES string of the molecule is O=C(O)c1ccccc1C(=O)Nc1ccc(N2C(=O)[C@H]3[C@@H]4CC[C@@H](C4)[C@@H]3C2=O)cc1. The number of fused-ring (bicyclic) bond motifs is 5. The van der Waals surface area contributed by atoms with Crippen molar-refractivity contribution in [2.75, 3.05) is 10.2 Å². The van der Waals surface area contributed by atoms with Crippen LogP contribution in [-0.4, -0.2) is 28.8 Å². The fraction of sp³-hybridized carbons (Fsp3) is 0.304. The molecule has 0 radical (unpaired) electrons. The largest absolute Gasteiger partial charge is 0.478 e. The molecule has 7 nitrogen and oxygen atoms in total. The third kappa shape index (κ3) is 2.73. The quantitative estimate of drug-likeness (QED) is 0.762. The van der Waals surface area contributed by atoms with Gasteiger partial charge in [-0.3, -0.25) is 19.3 Å². The van der Waals surface area contributed by atoms with Crippen molar-refractivity contribution in [1.82, 2.24) is 0 Å². The number of anilines is 2. The maximum absolute atomic E-state index is 12.9. The Morgan fingerprint density at radius 1 is 0.867 bits per heavy atom. The minimum absolute atomic E-state index is 0.0577. The number of nitrogens with one attached hydrogen (secondary N) is 1. The smallest absolute Gasteiger partial charge is 0.336 e. The lowest BCUT2D eigenvalue weighted by Crippen LogP contribution is -2.32. The molecule has 30 heavy (non-hydrogen) atoms. The summed E-state index contributed by atoms with van der Waals surface area (Å²) in [5.41, 5.74) is 0.925. The molecule has 152 valence electrons. The van der Waals surface area contributed by atoms with Crippen molar-refractivity contribution in [2.24, 2.45) is 23.7 Å². The Morgan fingerprint density at radius 2 is 1.43 bits per heavy atom. The van der Waals surface area contributed by atoms with Gasteiger partial charge in [0.2, 0.25) is 11.8 Å². The van der Waals surface area contributed by atoms with Crippen LogP contribution in [-0.2, 0) is 9.59 Å². The second-order valence-corrected chi connectivity index (χ2v) is 8.25. The molecule has 3 fully saturated rings. The number of carboxylic acid groups (broad SMARTS) is 1. The number of carbonyl (C=O) groups excluding carboxylic acids is 3. The highest BCUT2D eigenvalue weighted by Gasteiger charge is 2.61. The number of aromatic carboxylic acids is 1. The van der Waals surface area contributed by atoms with E-state index in [0.29, 0.717) is 23.2 Å². The first kappa shape index (κ1) is 18.5. The summed E-state index contributed by atoms with van der Waals surface area (Å²) in [6.07, 6.45) is 3.05. The number of hydrogen-bond acceptors (Lipinski definition) is 4. The maximum Gasteiger partial charge on any atom is 0.336 e. The van der Waals surface area contributed by atoms with Crippen LogP contribution < -0.4 is 10.2 Å². The Bertz CT molecular complexity index is 1050. The standard InChI is InChI=1S/C23H20N2O5/c26-20(16-3-1-2-4-17(16)23(29)30)24-14-7-9-15(10-8-14)25-21(27)18-12-5-6-13(11-12)19(18)22(25)28/h1-4,7-10,12-13,18-19H,5-6,11H2,(H,24,26)(H,29,30)/t12-,13+,18-,19-/m0/s1. The van der Waals surface area contributed by atoms with Crippen LogP contribution in [0.2, 0.25) is 0 Å². The van der Waals surface area contributed by atoms with Gasteiger partial charge < -0.3 is 10.4 Å². The fourth-order valence-electron chi connectivity index (χ4n) is 5.42. The van der Waals surface area contributed by atoms with Gasteiger partial charge in [0.1, 0.15) is 0 Å². The van der Waals surface area contributed by atoms with E-state index in [1.54, 1.807) is 36.4 Å². The molecule has 1 saturated heterocycles. The van der Waals surface area contributed by atoms with Gasteiger partial charge in [0, 0.05) is 5.69 Å². The van der Waals surface area contributed by atoms with E-state index in [-0.39, 0.29) is 34.8 Å². The summed E-state index contributed by atoms with van der Waals surface area (Å²) in [6, 6.07) is 12.5. The number of nitrogens with zero attached hydrogens (tertiary/aromatic N) is 1. The first-order valence-corrected chi connectivity index (χ1v) is 10.1. The summed E-state index contributed by atoms with van der Waals surface area (Å²) >= 11 is 0. The molecule has 0 spiro atoms. The third-order valence-electron chi connectivity index (χ3n) is 6.71. The first-order chi connectivity index (χ1) is 14.5. The first-order valence-electron chi connectivity index (χ1n) is 10.1. The van der Waals surface area contributed by atoms with Crippen LogP contribution in [0, 0.1) is 23.7 Å². The van der Waals surface area contributed by atoms with Gasteiger partial charge in [-0.2, -0.15) is 0 Å². The second kappa shape index (κ2) is 6.79. The van der Waals surface area contributed by atoms with Crippen LogP contribution in [0.4, 0.5) is 11.4 Å². The van der Waals surface area contributed by atoms with E-state index >= 15 is 0 Å². The van der Waals surface area contributed by atoms with E-state index in [4.69, 9.17) is 0 Å². The van der Waals surface area contributed by atoms with Crippen molar-refractivity contribution in [3.05, 3.63) is 59.7 Å². The average molecular weight is 404 g/mol. The zero-order valence-electron chi connectivity index (χ0n) is 16.1. The van der Waals surface area contributed by atoms with Crippen LogP contribution in [0.5, 0.6) is 0 Å². The summed E-state index contributed by atoms with van der Waals surface area (Å²) < 4.78 is 0. The number of amides is 3. The molecule has 1 aliphatic heterocycles. The van der Waals surface area contributed by atoms with Gasteiger partial charge in [-0.05, 0) is 67.5 Å². The van der Waals surface area contributed by atoms with Crippen molar-refractivity contribution >= 4 is 35.1 Å². The van der Waals surface area contributed by atoms with Gasteiger partial charge in [-0.25, -0.2) is 4.79 Å². The topological polar surface area (TPSA) is 104 Å². The zero-order valence-corrected chi connectivity index (χ0v) is 16.1. The van der Waals surface area contributed by atoms with Crippen LogP contribution in [0.1, 0.15) is 40.0 Å². The van der Waals surface area contributed by atoms with Crippen molar-refractivity contribution in [3.8, 4) is 0 Å². The highest BCUT2D eigenvalue weighted by Crippen LogP contribution is 2.56. The Hall–Kier alpha value is -3.48. The molecule has 1 heterocycles. The van der Waals surface area contributed by atoms with Crippen LogP contribution in [0.3, 0.4) is 0 Å². The lowest BCUT2D eigenvalue weighted by Gasteiger charge is -2.19. The number of hydrogen-bond donors (Lipinski definition) is 2. The van der Waals surface area contributed by atoms with E-state index in [2.05, 4.69) is 5.32 Å². The van der Waals surface area contributed by atoms with E-state index in [0.717, 1.165) is 19.3 Å². The van der Waals surface area contributed by atoms with E-state index < -0.39 is 11.9 Å². The van der Waals surface area contributed by atoms with Gasteiger partial charge in [0.25, 0.3) is 5.91 Å². The molecule has 7 heteroatoms. The Kier molecular flexibility index (Phi) is 4.20. The van der Waals surface area contributed by atoms with Gasteiger partial charge in [0.05, 0.1) is 28.7 Å². The third-order valence-corrected chi connectivity index (χ3v) is 6.71. The van der Waals surface area contributed by atoms with Crippen molar-refractivity contribution < 1.29 is 24.3 Å². The summed E-state index contributed by atoms with van der Waals surface area (Å²) in [5.74, 6) is -1.63. The predicted octanol–water partition coefficient (Wildman–Crippen LogP) is 3.17. The predicted molar refractivity (Wildman–Crippen MR) is 108 cm³/mol. The highest BCUT2D eigenvalue weighted by molar-refractivity contribution is 6.22. The molecule has 2 aromatic rings. The fourth-order valence-corrected chi connectivity index (χ4v) is 5.42. The molecule has 2 aliphatic carbocycles. The molecule has 3 aliphatic rings. The van der Waals surface area contributed by atoms with Crippen molar-refractivity contribution in [1.29, 1.82) is 0 Å². The number of benzene rings is 2. The molecule has 0 unspecified atom stereocenters. The average Bonchev–Trinajstić information content (AvgIpc) is 3.42. The Labute approximate surface area is 172 Å². The monoisotopic (exact) mass is 404 g/mol. The summed E-state index contributed by atoms with van der Waals surface area (Å²) in [7, 11) is 0. The highest BCUT2D eigenvalue weighted by atomic mass is 16.4. The second-order valence-electron chi connectivity index (χ2n) is 8.25. The molecule has 2 saturated carbocycles. The van der Waals surface area contributed by atoms with Crippen LogP contribution in [0.15, 0.2) is 48.5 Å². The van der Waals surface area contributed by atoms with Crippen LogP contribution in [0.25, 0.3) is 0 Å². The Balaban J connectivity index is 1.34. The molecular weight excluding hydrogens is 384 g/mol. The van der Waals surface area contributed by atoms with Crippen molar-refractivity contribution in [3.63, 3.8) is 0 Å². The zero-order chi connectivity index (χ0) is 21.0. The lowest BCUT2D eigenvalue weighted by atomic mass is 9.81. The molecule has 2 bridgehead atoms. The molecule has 3 amide bonds. The molecular formula is C23H20N2O5. The molecule has 5 rings (SSSR count). The number of carbonyl (C=O) groups is 4. The number of rotatable bonds is 4. The molecule has 2 N–H and O–H groups in total. The summed E-state index contributed by atoms with van der Waals surface area (Å²) in [4.78, 5) is 50.9. The van der Waals surface area contributed by atoms with E-state index in [9.17, 15) is 24.3 Å². The number of carboxylic acids is 1. The van der Waals surface area contributed by atoms with Crippen molar-refractivity contribution in [2.45, 2.75) is 19.3 Å². The summed E-state index contributed by atoms with van der Waals surface area (Å²) in [5, 5.41) is 11.9. The molecule has 0 aromatic heterocycles. The van der Waals surface area contributed by atoms with E-state index in [1.165, 1.54) is 17.0 Å². The lowest BCUT2D eigenvalue weighted by molar-refractivity contribution is -0.123. The molecule has 2 aromatic carbocycles. The minimum Gasteiger partial charge on any atom is -0.478 e. The van der Waals surface area contributed by atoms with E-state index in [1.807, 2.05) is 0 Å². The minimum atomic E-state index is -1.18. The van der Waals surface area contributed by atoms with Gasteiger partial charge in [0.15, 0.2) is 0 Å². The number of imide groups is 1. The van der Waals surface area contributed by atoms with Gasteiger partial charge in [-0.15, -0.1) is 0 Å². The normalized spacial score (nSPS) is 26.7. The van der Waals surface area contributed by atoms with Gasteiger partial charge in [-0.1, -0.05) is 12.1 Å². The van der Waals surface area contributed by atoms with Gasteiger partial charge >= 0.3 is 5.97 Å². The maximum atomic E-state index is 12.9. The van der Waals surface area contributed by atoms with Crippen LogP contribution >= 0.6 is 0 Å².